The van der Waals surface area contributed by atoms with Crippen LogP contribution >= 0.6 is 11.6 Å². The Kier molecular flexibility index (Phi) is 6.53. The Morgan fingerprint density at radius 1 is 1.09 bits per heavy atom. The van der Waals surface area contributed by atoms with Gasteiger partial charge in [-0.3, -0.25) is 20.2 Å². The first-order valence-electron chi connectivity index (χ1n) is 9.93. The molecule has 32 heavy (non-hydrogen) atoms. The van der Waals surface area contributed by atoms with E-state index in [0.29, 0.717) is 24.7 Å². The number of carbonyl (C=O) groups excluding carboxylic acids is 1. The average molecular weight is 454 g/mol. The molecular weight excluding hydrogens is 434 g/mol. The van der Waals surface area contributed by atoms with Gasteiger partial charge in [-0.2, -0.15) is 0 Å². The Bertz CT molecular complexity index is 1130. The summed E-state index contributed by atoms with van der Waals surface area (Å²) in [5.74, 6) is 0.988. The molecule has 0 saturated heterocycles. The highest BCUT2D eigenvalue weighted by Crippen LogP contribution is 2.31. The number of carbonyl (C=O) groups is 1. The number of halogens is 1. The second-order valence-electron chi connectivity index (χ2n) is 7.16. The van der Waals surface area contributed by atoms with E-state index in [1.807, 2.05) is 54.6 Å². The third kappa shape index (κ3) is 4.99. The Morgan fingerprint density at radius 3 is 2.53 bits per heavy atom. The van der Waals surface area contributed by atoms with Gasteiger partial charge < -0.3 is 14.8 Å². The summed E-state index contributed by atoms with van der Waals surface area (Å²) < 4.78 is 11.7. The van der Waals surface area contributed by atoms with E-state index in [0.717, 1.165) is 5.56 Å². The molecule has 0 unspecified atom stereocenters. The summed E-state index contributed by atoms with van der Waals surface area (Å²) in [6.07, 6.45) is -0.285. The molecule has 1 aliphatic rings. The molecule has 0 aromatic heterocycles. The molecule has 0 radical (unpaired) electrons. The Hall–Kier alpha value is -3.62. The van der Waals surface area contributed by atoms with Gasteiger partial charge in [0.25, 0.3) is 5.69 Å². The summed E-state index contributed by atoms with van der Waals surface area (Å²) in [5.41, 5.74) is 0.886. The number of nitrogens with zero attached hydrogens (tertiary/aromatic N) is 1. The Labute approximate surface area is 189 Å². The molecule has 164 valence electrons. The molecule has 1 amide bonds. The number of anilines is 1. The van der Waals surface area contributed by atoms with Crippen LogP contribution in [0.25, 0.3) is 0 Å². The van der Waals surface area contributed by atoms with Crippen LogP contribution in [0.1, 0.15) is 11.6 Å². The minimum Gasteiger partial charge on any atom is -0.486 e. The molecule has 2 atom stereocenters. The molecule has 0 bridgehead atoms. The van der Waals surface area contributed by atoms with Crippen molar-refractivity contribution >= 4 is 28.9 Å². The normalized spacial score (nSPS) is 15.6. The van der Waals surface area contributed by atoms with E-state index in [4.69, 9.17) is 21.1 Å². The van der Waals surface area contributed by atoms with E-state index in [2.05, 4.69) is 10.6 Å². The number of nitrogens with one attached hydrogen (secondary N) is 2. The number of hydrogen-bond acceptors (Lipinski definition) is 6. The van der Waals surface area contributed by atoms with E-state index >= 15 is 0 Å². The number of hydrogen-bond donors (Lipinski definition) is 2. The number of non-ortho nitro benzene ring substituents is 1. The van der Waals surface area contributed by atoms with Crippen molar-refractivity contribution in [2.45, 2.75) is 12.1 Å². The summed E-state index contributed by atoms with van der Waals surface area (Å²) in [7, 11) is 0. The Morgan fingerprint density at radius 2 is 1.81 bits per heavy atom. The minimum absolute atomic E-state index is 0.0833. The summed E-state index contributed by atoms with van der Waals surface area (Å²) in [4.78, 5) is 23.5. The van der Waals surface area contributed by atoms with Crippen LogP contribution in [0.3, 0.4) is 0 Å². The van der Waals surface area contributed by atoms with Gasteiger partial charge in [-0.15, -0.1) is 0 Å². The lowest BCUT2D eigenvalue weighted by Gasteiger charge is -2.28. The highest BCUT2D eigenvalue weighted by Gasteiger charge is 2.26. The van der Waals surface area contributed by atoms with E-state index in [1.54, 1.807) is 0 Å². The molecule has 0 fully saturated rings. The van der Waals surface area contributed by atoms with Crippen LogP contribution in [0.2, 0.25) is 5.02 Å². The van der Waals surface area contributed by atoms with Crippen molar-refractivity contribution in [3.05, 3.63) is 93.5 Å². The summed E-state index contributed by atoms with van der Waals surface area (Å²) in [6, 6.07) is 19.8. The minimum atomic E-state index is -0.705. The van der Waals surface area contributed by atoms with Crippen molar-refractivity contribution < 1.29 is 19.2 Å². The molecule has 0 aliphatic carbocycles. The number of rotatable bonds is 7. The standard InChI is InChI=1S/C23H20ClN3O5/c24-18-12-16(27(29)30)10-11-19(18)26-23(28)22(15-6-2-1-3-7-15)25-13-17-14-31-20-8-4-5-9-21(20)32-17/h1-12,17,22,25H,13-14H2,(H,26,28)/t17-,22-/m1/s1. The third-order valence-electron chi connectivity index (χ3n) is 4.93. The van der Waals surface area contributed by atoms with Gasteiger partial charge in [-0.25, -0.2) is 0 Å². The fourth-order valence-corrected chi connectivity index (χ4v) is 3.57. The van der Waals surface area contributed by atoms with Crippen LogP contribution in [0.5, 0.6) is 11.5 Å². The van der Waals surface area contributed by atoms with Crippen molar-refractivity contribution in [1.29, 1.82) is 0 Å². The first kappa shape index (κ1) is 21.6. The SMILES string of the molecule is O=C(Nc1ccc([N+](=O)[O-])cc1Cl)[C@H](NC[C@@H]1COc2ccccc2O1)c1ccccc1. The quantitative estimate of drug-likeness (QED) is 0.407. The topological polar surface area (TPSA) is 103 Å². The fraction of sp³-hybridized carbons (Fsp3) is 0.174. The van der Waals surface area contributed by atoms with E-state index < -0.39 is 11.0 Å². The molecule has 0 saturated carbocycles. The van der Waals surface area contributed by atoms with Gasteiger partial charge in [0.2, 0.25) is 5.91 Å². The average Bonchev–Trinajstić information content (AvgIpc) is 2.81. The molecule has 0 spiro atoms. The lowest BCUT2D eigenvalue weighted by atomic mass is 10.1. The number of amides is 1. The molecule has 2 N–H and O–H groups in total. The smallest absolute Gasteiger partial charge is 0.271 e. The lowest BCUT2D eigenvalue weighted by Crippen LogP contribution is -2.42. The number of nitro benzene ring substituents is 1. The van der Waals surface area contributed by atoms with Crippen molar-refractivity contribution in [2.75, 3.05) is 18.5 Å². The van der Waals surface area contributed by atoms with Crippen molar-refractivity contribution in [3.8, 4) is 11.5 Å². The van der Waals surface area contributed by atoms with Gasteiger partial charge in [-0.05, 0) is 23.8 Å². The second kappa shape index (κ2) is 9.67. The van der Waals surface area contributed by atoms with Gasteiger partial charge >= 0.3 is 0 Å². The third-order valence-corrected chi connectivity index (χ3v) is 5.25. The zero-order valence-corrected chi connectivity index (χ0v) is 17.6. The number of nitro groups is 1. The van der Waals surface area contributed by atoms with E-state index in [1.165, 1.54) is 18.2 Å². The molecular formula is C23H20ClN3O5. The number of fused-ring (bicyclic) bond motifs is 1. The van der Waals surface area contributed by atoms with E-state index in [9.17, 15) is 14.9 Å². The number of para-hydroxylation sites is 2. The molecule has 4 rings (SSSR count). The predicted molar refractivity (Wildman–Crippen MR) is 120 cm³/mol. The molecule has 3 aromatic rings. The zero-order valence-electron chi connectivity index (χ0n) is 16.9. The number of ether oxygens (including phenoxy) is 2. The van der Waals surface area contributed by atoms with Crippen molar-refractivity contribution in [1.82, 2.24) is 5.32 Å². The highest BCUT2D eigenvalue weighted by atomic mass is 35.5. The predicted octanol–water partition coefficient (Wildman–Crippen LogP) is 4.36. The van der Waals surface area contributed by atoms with Crippen LogP contribution in [-0.2, 0) is 4.79 Å². The molecule has 1 aliphatic heterocycles. The van der Waals surface area contributed by atoms with Crippen molar-refractivity contribution in [3.63, 3.8) is 0 Å². The second-order valence-corrected chi connectivity index (χ2v) is 7.57. The zero-order chi connectivity index (χ0) is 22.5. The van der Waals surface area contributed by atoms with Crippen LogP contribution in [0.4, 0.5) is 11.4 Å². The van der Waals surface area contributed by atoms with Crippen molar-refractivity contribution in [2.24, 2.45) is 0 Å². The van der Waals surface area contributed by atoms with Crippen LogP contribution in [-0.4, -0.2) is 30.1 Å². The maximum absolute atomic E-state index is 13.1. The van der Waals surface area contributed by atoms with Gasteiger partial charge in [0.05, 0.1) is 15.6 Å². The molecule has 3 aromatic carbocycles. The fourth-order valence-electron chi connectivity index (χ4n) is 3.34. The maximum Gasteiger partial charge on any atom is 0.271 e. The monoisotopic (exact) mass is 453 g/mol. The Balaban J connectivity index is 1.48. The summed E-state index contributed by atoms with van der Waals surface area (Å²) >= 11 is 6.14. The highest BCUT2D eigenvalue weighted by molar-refractivity contribution is 6.34. The van der Waals surface area contributed by atoms with Crippen LogP contribution in [0.15, 0.2) is 72.8 Å². The molecule has 1 heterocycles. The van der Waals surface area contributed by atoms with Gasteiger partial charge in [0.15, 0.2) is 11.5 Å². The van der Waals surface area contributed by atoms with Crippen LogP contribution < -0.4 is 20.1 Å². The van der Waals surface area contributed by atoms with E-state index in [-0.39, 0.29) is 28.4 Å². The maximum atomic E-state index is 13.1. The van der Waals surface area contributed by atoms with Gasteiger partial charge in [-0.1, -0.05) is 54.1 Å². The largest absolute Gasteiger partial charge is 0.486 e. The van der Waals surface area contributed by atoms with Gasteiger partial charge in [0, 0.05) is 18.7 Å². The van der Waals surface area contributed by atoms with Crippen LogP contribution in [0, 0.1) is 10.1 Å². The first-order valence-corrected chi connectivity index (χ1v) is 10.3. The summed E-state index contributed by atoms with van der Waals surface area (Å²) in [6.45, 7) is 0.705. The lowest BCUT2D eigenvalue weighted by molar-refractivity contribution is -0.384. The first-order chi connectivity index (χ1) is 15.5. The molecule has 9 heteroatoms. The van der Waals surface area contributed by atoms with Gasteiger partial charge in [0.1, 0.15) is 18.8 Å². The number of benzene rings is 3. The molecule has 8 nitrogen and oxygen atoms in total. The summed E-state index contributed by atoms with van der Waals surface area (Å²) in [5, 5.41) is 17.0.